The van der Waals surface area contributed by atoms with Crippen LogP contribution in [0.3, 0.4) is 0 Å². The number of amides is 1. The SMILES string of the molecule is CCOC(=O)c1c(C)c(C(=O)C(C)N(CCC(C)C)C(=O)C(C)C)c(C)n1CC. The van der Waals surface area contributed by atoms with Gasteiger partial charge in [0.1, 0.15) is 5.69 Å². The molecule has 0 aliphatic heterocycles. The molecule has 0 spiro atoms. The molecule has 1 atom stereocenters. The Balaban J connectivity index is 3.39. The summed E-state index contributed by atoms with van der Waals surface area (Å²) in [6.45, 7) is 18.4. The highest BCUT2D eigenvalue weighted by atomic mass is 16.5. The largest absolute Gasteiger partial charge is 0.461 e. The van der Waals surface area contributed by atoms with E-state index in [4.69, 9.17) is 4.74 Å². The van der Waals surface area contributed by atoms with Gasteiger partial charge in [0, 0.05) is 30.3 Å². The molecule has 0 radical (unpaired) electrons. The molecule has 1 heterocycles. The minimum atomic E-state index is -0.594. The van der Waals surface area contributed by atoms with Crippen LogP contribution in [0.25, 0.3) is 0 Å². The predicted molar refractivity (Wildman–Crippen MR) is 115 cm³/mol. The Labute approximate surface area is 175 Å². The van der Waals surface area contributed by atoms with Gasteiger partial charge in [0.15, 0.2) is 5.78 Å². The van der Waals surface area contributed by atoms with E-state index in [-0.39, 0.29) is 24.2 Å². The first-order valence-electron chi connectivity index (χ1n) is 10.7. The van der Waals surface area contributed by atoms with E-state index in [2.05, 4.69) is 13.8 Å². The Bertz CT molecular complexity index is 747. The fraction of sp³-hybridized carbons (Fsp3) is 0.696. The van der Waals surface area contributed by atoms with Gasteiger partial charge in [-0.25, -0.2) is 4.79 Å². The molecule has 1 amide bonds. The number of aromatic nitrogens is 1. The predicted octanol–water partition coefficient (Wildman–Crippen LogP) is 4.40. The van der Waals surface area contributed by atoms with Crippen molar-refractivity contribution in [1.82, 2.24) is 9.47 Å². The smallest absolute Gasteiger partial charge is 0.355 e. The van der Waals surface area contributed by atoms with Gasteiger partial charge in [-0.1, -0.05) is 27.7 Å². The average molecular weight is 407 g/mol. The van der Waals surface area contributed by atoms with Crippen molar-refractivity contribution in [2.45, 2.75) is 81.3 Å². The van der Waals surface area contributed by atoms with Crippen molar-refractivity contribution in [2.24, 2.45) is 11.8 Å². The van der Waals surface area contributed by atoms with Crippen molar-refractivity contribution in [2.75, 3.05) is 13.2 Å². The van der Waals surface area contributed by atoms with E-state index in [9.17, 15) is 14.4 Å². The topological polar surface area (TPSA) is 68.6 Å². The highest BCUT2D eigenvalue weighted by molar-refractivity contribution is 6.06. The van der Waals surface area contributed by atoms with Gasteiger partial charge in [-0.15, -0.1) is 0 Å². The maximum Gasteiger partial charge on any atom is 0.355 e. The van der Waals surface area contributed by atoms with Crippen LogP contribution < -0.4 is 0 Å². The number of carbonyl (C=O) groups excluding carboxylic acids is 3. The Morgan fingerprint density at radius 3 is 2.07 bits per heavy atom. The number of Topliss-reactive ketones (excluding diaryl/α,β-unsaturated/α-hetero) is 1. The normalized spacial score (nSPS) is 12.4. The molecular weight excluding hydrogens is 368 g/mol. The van der Waals surface area contributed by atoms with Gasteiger partial charge in [-0.2, -0.15) is 0 Å². The molecule has 1 aromatic rings. The second kappa shape index (κ2) is 10.6. The lowest BCUT2D eigenvalue weighted by Crippen LogP contribution is -2.46. The first kappa shape index (κ1) is 24.9. The second-order valence-corrected chi connectivity index (χ2v) is 8.31. The number of esters is 1. The van der Waals surface area contributed by atoms with E-state index in [1.807, 2.05) is 32.3 Å². The summed E-state index contributed by atoms with van der Waals surface area (Å²) < 4.78 is 7.04. The number of hydrogen-bond acceptors (Lipinski definition) is 4. The number of carbonyl (C=O) groups is 3. The van der Waals surface area contributed by atoms with E-state index in [1.54, 1.807) is 25.7 Å². The maximum absolute atomic E-state index is 13.5. The molecule has 1 aromatic heterocycles. The van der Waals surface area contributed by atoms with Crippen molar-refractivity contribution in [3.05, 3.63) is 22.5 Å². The molecule has 164 valence electrons. The second-order valence-electron chi connectivity index (χ2n) is 8.31. The van der Waals surface area contributed by atoms with Crippen LogP contribution >= 0.6 is 0 Å². The van der Waals surface area contributed by atoms with Gasteiger partial charge < -0.3 is 14.2 Å². The third kappa shape index (κ3) is 5.49. The van der Waals surface area contributed by atoms with Crippen molar-refractivity contribution >= 4 is 17.7 Å². The van der Waals surface area contributed by atoms with Crippen molar-refractivity contribution in [3.8, 4) is 0 Å². The van der Waals surface area contributed by atoms with E-state index >= 15 is 0 Å². The van der Waals surface area contributed by atoms with E-state index in [0.29, 0.717) is 35.8 Å². The van der Waals surface area contributed by atoms with Crippen molar-refractivity contribution < 1.29 is 19.1 Å². The number of rotatable bonds is 10. The lowest BCUT2D eigenvalue weighted by Gasteiger charge is -2.31. The zero-order chi connectivity index (χ0) is 22.5. The molecule has 0 bridgehead atoms. The summed E-state index contributed by atoms with van der Waals surface area (Å²) in [4.78, 5) is 40.5. The third-order valence-corrected chi connectivity index (χ3v) is 5.37. The fourth-order valence-electron chi connectivity index (χ4n) is 3.69. The Hall–Kier alpha value is -2.11. The number of nitrogens with zero attached hydrogens (tertiary/aromatic N) is 2. The lowest BCUT2D eigenvalue weighted by molar-refractivity contribution is -0.135. The van der Waals surface area contributed by atoms with E-state index in [1.165, 1.54) is 0 Å². The molecule has 0 aliphatic rings. The van der Waals surface area contributed by atoms with Gasteiger partial charge in [0.2, 0.25) is 5.91 Å². The lowest BCUT2D eigenvalue weighted by atomic mass is 9.98. The van der Waals surface area contributed by atoms with Crippen LogP contribution in [0.2, 0.25) is 0 Å². The first-order chi connectivity index (χ1) is 13.5. The highest BCUT2D eigenvalue weighted by Gasteiger charge is 2.33. The molecule has 0 saturated carbocycles. The molecule has 1 rings (SSSR count). The molecule has 0 aromatic carbocycles. The first-order valence-corrected chi connectivity index (χ1v) is 10.7. The quantitative estimate of drug-likeness (QED) is 0.426. The van der Waals surface area contributed by atoms with Crippen LogP contribution in [0, 0.1) is 25.7 Å². The minimum absolute atomic E-state index is 0.0256. The fourth-order valence-corrected chi connectivity index (χ4v) is 3.69. The molecule has 6 heteroatoms. The summed E-state index contributed by atoms with van der Waals surface area (Å²) in [5.74, 6) is -0.329. The Kier molecular flexibility index (Phi) is 9.12. The Morgan fingerprint density at radius 1 is 1.03 bits per heavy atom. The molecule has 0 fully saturated rings. The summed E-state index contributed by atoms with van der Waals surface area (Å²) in [5, 5.41) is 0. The van der Waals surface area contributed by atoms with Gasteiger partial charge in [-0.3, -0.25) is 9.59 Å². The van der Waals surface area contributed by atoms with Gasteiger partial charge in [0.05, 0.1) is 12.6 Å². The monoisotopic (exact) mass is 406 g/mol. The van der Waals surface area contributed by atoms with Crippen LogP contribution in [0.5, 0.6) is 0 Å². The summed E-state index contributed by atoms with van der Waals surface area (Å²) in [6, 6.07) is -0.594. The molecule has 0 aliphatic carbocycles. The highest BCUT2D eigenvalue weighted by Crippen LogP contribution is 2.26. The molecular formula is C23H38N2O4. The van der Waals surface area contributed by atoms with Crippen LogP contribution in [0.15, 0.2) is 0 Å². The average Bonchev–Trinajstić information content (AvgIpc) is 2.90. The van der Waals surface area contributed by atoms with Gasteiger partial charge >= 0.3 is 5.97 Å². The van der Waals surface area contributed by atoms with E-state index in [0.717, 1.165) is 12.1 Å². The van der Waals surface area contributed by atoms with Crippen LogP contribution in [-0.4, -0.2) is 46.3 Å². The molecule has 6 nitrogen and oxygen atoms in total. The van der Waals surface area contributed by atoms with Gasteiger partial charge in [-0.05, 0) is 52.5 Å². The van der Waals surface area contributed by atoms with Crippen molar-refractivity contribution in [1.29, 1.82) is 0 Å². The standard InChI is InChI=1S/C23H38N2O4/c1-10-24-17(8)19(16(7)20(24)23(28)29-11-2)21(26)18(9)25(13-12-14(3)4)22(27)15(5)6/h14-15,18H,10-13H2,1-9H3. The summed E-state index contributed by atoms with van der Waals surface area (Å²) >= 11 is 0. The van der Waals surface area contributed by atoms with Crippen molar-refractivity contribution in [3.63, 3.8) is 0 Å². The number of hydrogen-bond donors (Lipinski definition) is 0. The maximum atomic E-state index is 13.5. The number of ketones is 1. The Morgan fingerprint density at radius 2 is 1.62 bits per heavy atom. The molecule has 29 heavy (non-hydrogen) atoms. The van der Waals surface area contributed by atoms with Crippen LogP contribution in [0.4, 0.5) is 0 Å². The van der Waals surface area contributed by atoms with E-state index < -0.39 is 12.0 Å². The summed E-state index contributed by atoms with van der Waals surface area (Å²) in [7, 11) is 0. The minimum Gasteiger partial charge on any atom is -0.461 e. The summed E-state index contributed by atoms with van der Waals surface area (Å²) in [5.41, 5.74) is 2.31. The van der Waals surface area contributed by atoms with Crippen LogP contribution in [-0.2, 0) is 16.1 Å². The zero-order valence-electron chi connectivity index (χ0n) is 19.6. The van der Waals surface area contributed by atoms with Gasteiger partial charge in [0.25, 0.3) is 0 Å². The molecule has 0 saturated heterocycles. The third-order valence-electron chi connectivity index (χ3n) is 5.37. The molecule has 1 unspecified atom stereocenters. The van der Waals surface area contributed by atoms with Crippen LogP contribution in [0.1, 0.15) is 87.0 Å². The number of ether oxygens (including phenoxy) is 1. The summed E-state index contributed by atoms with van der Waals surface area (Å²) in [6.07, 6.45) is 0.831. The zero-order valence-corrected chi connectivity index (χ0v) is 19.6. The molecule has 0 N–H and O–H groups in total.